The van der Waals surface area contributed by atoms with Gasteiger partial charge in [0.2, 0.25) is 0 Å². The minimum Gasteiger partial charge on any atom is -0.417 e. The molecular weight excluding hydrogens is 396 g/mol. The monoisotopic (exact) mass is 444 g/mol. The van der Waals surface area contributed by atoms with Crippen LogP contribution in [0.3, 0.4) is 0 Å². The van der Waals surface area contributed by atoms with Gasteiger partial charge in [0.25, 0.3) is 0 Å². The van der Waals surface area contributed by atoms with E-state index in [4.69, 9.17) is 13.6 Å². The van der Waals surface area contributed by atoms with E-state index in [1.807, 2.05) is 0 Å². The Balaban J connectivity index is 2.83. The van der Waals surface area contributed by atoms with Gasteiger partial charge in [-0.15, -0.1) is 0 Å². The summed E-state index contributed by atoms with van der Waals surface area (Å²) in [6.07, 6.45) is 3.12. The second-order valence-electron chi connectivity index (χ2n) is 12.5. The van der Waals surface area contributed by atoms with Crippen molar-refractivity contribution in [3.8, 4) is 0 Å². The summed E-state index contributed by atoms with van der Waals surface area (Å²) in [5.41, 5.74) is -0.133. The van der Waals surface area contributed by atoms with Crippen molar-refractivity contribution in [3.63, 3.8) is 0 Å². The van der Waals surface area contributed by atoms with Crippen LogP contribution in [0.1, 0.15) is 74.7 Å². The molecule has 0 saturated carbocycles. The first-order valence-corrected chi connectivity index (χ1v) is 17.1. The summed E-state index contributed by atoms with van der Waals surface area (Å²) in [6.45, 7) is 28.0. The third-order valence-corrected chi connectivity index (χ3v) is 16.7. The van der Waals surface area contributed by atoms with E-state index in [0.717, 1.165) is 25.7 Å². The smallest absolute Gasteiger partial charge is 0.192 e. The molecule has 1 heterocycles. The predicted molar refractivity (Wildman–Crippen MR) is 128 cm³/mol. The summed E-state index contributed by atoms with van der Waals surface area (Å²) in [5, 5.41) is 0.364. The molecule has 1 fully saturated rings. The number of rotatable bonds is 8. The lowest BCUT2D eigenvalue weighted by Gasteiger charge is -2.51. The number of carbonyl (C=O) groups is 1. The minimum atomic E-state index is -1.93. The van der Waals surface area contributed by atoms with E-state index in [2.05, 4.69) is 81.6 Å². The number of hydrogen-bond acceptors (Lipinski definition) is 4. The molecular formula is C23H48O4Si2. The minimum absolute atomic E-state index is 0.00392. The first kappa shape index (κ1) is 27.0. The van der Waals surface area contributed by atoms with Crippen molar-refractivity contribution in [1.82, 2.24) is 0 Å². The molecule has 6 heteroatoms. The highest BCUT2D eigenvalue weighted by molar-refractivity contribution is 6.74. The molecule has 4 nitrogen and oxygen atoms in total. The highest BCUT2D eigenvalue weighted by atomic mass is 28.4. The van der Waals surface area contributed by atoms with Gasteiger partial charge in [-0.3, -0.25) is 0 Å². The Morgan fingerprint density at radius 1 is 1.00 bits per heavy atom. The fourth-order valence-electron chi connectivity index (χ4n) is 3.24. The normalized spacial score (nSPS) is 26.4. The standard InChI is InChI=1S/C23H48O4Si2/c1-21(2,3)28(9,10)25-15-13-14-19-23(7,8)20(16-18(17-24)26-19)27-29(11,12)22(4,5)6/h17-20H,13-16H2,1-12H3/t18-,19+,20+/m0/s1. The van der Waals surface area contributed by atoms with Crippen molar-refractivity contribution in [3.05, 3.63) is 0 Å². The third kappa shape index (κ3) is 6.73. The van der Waals surface area contributed by atoms with E-state index in [9.17, 15) is 4.79 Å². The summed E-state index contributed by atoms with van der Waals surface area (Å²) in [7, 11) is -3.66. The molecule has 0 radical (unpaired) electrons. The molecule has 172 valence electrons. The maximum absolute atomic E-state index is 11.6. The van der Waals surface area contributed by atoms with Crippen LogP contribution >= 0.6 is 0 Å². The van der Waals surface area contributed by atoms with Gasteiger partial charge >= 0.3 is 0 Å². The van der Waals surface area contributed by atoms with Crippen LogP contribution in [0.15, 0.2) is 0 Å². The van der Waals surface area contributed by atoms with Crippen LogP contribution < -0.4 is 0 Å². The summed E-state index contributed by atoms with van der Waals surface area (Å²) in [6, 6.07) is 0. The molecule has 0 unspecified atom stereocenters. The van der Waals surface area contributed by atoms with Gasteiger partial charge in [0.1, 0.15) is 12.4 Å². The average Bonchev–Trinajstić information content (AvgIpc) is 2.52. The Labute approximate surface area is 182 Å². The molecule has 0 bridgehead atoms. The topological polar surface area (TPSA) is 44.8 Å². The molecule has 3 atom stereocenters. The highest BCUT2D eigenvalue weighted by Gasteiger charge is 2.49. The van der Waals surface area contributed by atoms with Gasteiger partial charge in [-0.05, 0) is 49.1 Å². The number of ether oxygens (including phenoxy) is 1. The van der Waals surface area contributed by atoms with Crippen LogP contribution in [-0.2, 0) is 18.4 Å². The zero-order valence-corrected chi connectivity index (χ0v) is 23.3. The largest absolute Gasteiger partial charge is 0.417 e. The van der Waals surface area contributed by atoms with Crippen molar-refractivity contribution < 1.29 is 18.4 Å². The van der Waals surface area contributed by atoms with Crippen LogP contribution in [0.4, 0.5) is 0 Å². The predicted octanol–water partition coefficient (Wildman–Crippen LogP) is 6.56. The second-order valence-corrected chi connectivity index (χ2v) is 22.0. The molecule has 1 aliphatic heterocycles. The molecule has 1 aliphatic rings. The van der Waals surface area contributed by atoms with E-state index in [-0.39, 0.29) is 33.8 Å². The molecule has 1 saturated heterocycles. The maximum atomic E-state index is 11.6. The van der Waals surface area contributed by atoms with Crippen LogP contribution in [0, 0.1) is 5.41 Å². The molecule has 0 N–H and O–H groups in total. The zero-order chi connectivity index (χ0) is 22.9. The number of carbonyl (C=O) groups excluding carboxylic acids is 1. The molecule has 0 aromatic heterocycles. The lowest BCUT2D eigenvalue weighted by molar-refractivity contribution is -0.172. The van der Waals surface area contributed by atoms with Crippen molar-refractivity contribution in [2.45, 2.75) is 129 Å². The molecule has 0 spiro atoms. The summed E-state index contributed by atoms with van der Waals surface area (Å²) in [4.78, 5) is 11.6. The lowest BCUT2D eigenvalue weighted by atomic mass is 9.75. The summed E-state index contributed by atoms with van der Waals surface area (Å²) >= 11 is 0. The zero-order valence-electron chi connectivity index (χ0n) is 21.3. The molecule has 0 aromatic carbocycles. The van der Waals surface area contributed by atoms with Gasteiger partial charge < -0.3 is 18.4 Å². The van der Waals surface area contributed by atoms with Gasteiger partial charge in [-0.25, -0.2) is 0 Å². The first-order chi connectivity index (χ1) is 12.8. The van der Waals surface area contributed by atoms with Crippen molar-refractivity contribution >= 4 is 22.9 Å². The van der Waals surface area contributed by atoms with Gasteiger partial charge in [0.15, 0.2) is 16.6 Å². The van der Waals surface area contributed by atoms with E-state index >= 15 is 0 Å². The number of hydrogen-bond donors (Lipinski definition) is 0. The Kier molecular flexibility index (Phi) is 8.60. The van der Waals surface area contributed by atoms with Gasteiger partial charge in [-0.2, -0.15) is 0 Å². The third-order valence-electron chi connectivity index (χ3n) is 7.72. The van der Waals surface area contributed by atoms with Crippen LogP contribution in [-0.4, -0.2) is 47.8 Å². The Morgan fingerprint density at radius 3 is 1.97 bits per heavy atom. The Hall–Kier alpha value is -0.0162. The molecule has 0 aromatic rings. The molecule has 0 amide bonds. The summed E-state index contributed by atoms with van der Waals surface area (Å²) in [5.74, 6) is 0. The van der Waals surface area contributed by atoms with Crippen LogP contribution in [0.25, 0.3) is 0 Å². The SMILES string of the molecule is CC1(C)[C@@H](CCCO[Si](C)(C)C(C)(C)C)O[C@H](C=O)C[C@H]1O[Si](C)(C)C(C)(C)C. The van der Waals surface area contributed by atoms with E-state index in [1.165, 1.54) is 0 Å². The maximum Gasteiger partial charge on any atom is 0.192 e. The van der Waals surface area contributed by atoms with E-state index < -0.39 is 16.6 Å². The van der Waals surface area contributed by atoms with E-state index in [0.29, 0.717) is 6.42 Å². The van der Waals surface area contributed by atoms with Crippen molar-refractivity contribution in [2.24, 2.45) is 5.41 Å². The average molecular weight is 445 g/mol. The Bertz CT molecular complexity index is 544. The second kappa shape index (κ2) is 9.23. The fourth-order valence-corrected chi connectivity index (χ4v) is 5.79. The van der Waals surface area contributed by atoms with Crippen molar-refractivity contribution in [1.29, 1.82) is 0 Å². The summed E-state index contributed by atoms with van der Waals surface area (Å²) < 4.78 is 19.4. The first-order valence-electron chi connectivity index (χ1n) is 11.3. The van der Waals surface area contributed by atoms with Crippen molar-refractivity contribution in [2.75, 3.05) is 6.61 Å². The molecule has 29 heavy (non-hydrogen) atoms. The highest BCUT2D eigenvalue weighted by Crippen LogP contribution is 2.45. The molecule has 0 aliphatic carbocycles. The van der Waals surface area contributed by atoms with Gasteiger partial charge in [-0.1, -0.05) is 55.4 Å². The van der Waals surface area contributed by atoms with Crippen LogP contribution in [0.5, 0.6) is 0 Å². The molecule has 1 rings (SSSR count). The Morgan fingerprint density at radius 2 is 1.52 bits per heavy atom. The quantitative estimate of drug-likeness (QED) is 0.241. The van der Waals surface area contributed by atoms with Gasteiger partial charge in [0.05, 0.1) is 12.2 Å². The lowest BCUT2D eigenvalue weighted by Crippen LogP contribution is -2.56. The van der Waals surface area contributed by atoms with E-state index in [1.54, 1.807) is 0 Å². The number of aldehydes is 1. The van der Waals surface area contributed by atoms with Gasteiger partial charge in [0, 0.05) is 18.4 Å². The van der Waals surface area contributed by atoms with Crippen LogP contribution in [0.2, 0.25) is 36.3 Å². The fraction of sp³-hybridized carbons (Fsp3) is 0.957.